The smallest absolute Gasteiger partial charge is 0.335 e. The molecular weight excluding hydrogens is 194 g/mol. The Hall–Kier alpha value is -2.00. The number of rotatable bonds is 5. The Bertz CT molecular complexity index is 397. The van der Waals surface area contributed by atoms with E-state index < -0.39 is 5.97 Å². The summed E-state index contributed by atoms with van der Waals surface area (Å²) in [4.78, 5) is 13.5. The lowest BCUT2D eigenvalue weighted by Gasteiger charge is -2.03. The number of aryl methyl sites for hydroxylation is 1. The molecule has 15 heavy (non-hydrogen) atoms. The molecule has 0 aliphatic heterocycles. The lowest BCUT2D eigenvalue weighted by atomic mass is 10.0. The fourth-order valence-corrected chi connectivity index (χ4v) is 1.33. The fraction of sp³-hybridized carbons (Fsp3) is 0.300. The van der Waals surface area contributed by atoms with Gasteiger partial charge in [-0.2, -0.15) is 0 Å². The van der Waals surface area contributed by atoms with Gasteiger partial charge in [0.2, 0.25) is 0 Å². The molecule has 0 saturated carbocycles. The van der Waals surface area contributed by atoms with Gasteiger partial charge in [0.1, 0.15) is 0 Å². The number of carboxylic acid groups (broad SMARTS) is 1. The van der Waals surface area contributed by atoms with Crippen molar-refractivity contribution in [3.05, 3.63) is 45.8 Å². The highest BCUT2D eigenvalue weighted by Gasteiger charge is 2.07. The minimum absolute atomic E-state index is 0.318. The third kappa shape index (κ3) is 3.32. The number of azide groups is 1. The Kier molecular flexibility index (Phi) is 4.19. The van der Waals surface area contributed by atoms with Crippen LogP contribution in [0.15, 0.2) is 29.4 Å². The topological polar surface area (TPSA) is 86.1 Å². The van der Waals surface area contributed by atoms with Crippen LogP contribution in [0, 0.1) is 0 Å². The summed E-state index contributed by atoms with van der Waals surface area (Å²) >= 11 is 0. The van der Waals surface area contributed by atoms with E-state index in [0.29, 0.717) is 24.9 Å². The fourth-order valence-electron chi connectivity index (χ4n) is 1.33. The quantitative estimate of drug-likeness (QED) is 0.346. The second kappa shape index (κ2) is 5.67. The van der Waals surface area contributed by atoms with Gasteiger partial charge in [-0.1, -0.05) is 23.3 Å². The summed E-state index contributed by atoms with van der Waals surface area (Å²) in [7, 11) is 0. The van der Waals surface area contributed by atoms with Crippen molar-refractivity contribution in [2.75, 3.05) is 6.54 Å². The van der Waals surface area contributed by atoms with Crippen LogP contribution >= 0.6 is 0 Å². The van der Waals surface area contributed by atoms with Crippen LogP contribution in [0.4, 0.5) is 0 Å². The van der Waals surface area contributed by atoms with Crippen molar-refractivity contribution in [1.29, 1.82) is 0 Å². The van der Waals surface area contributed by atoms with E-state index in [-0.39, 0.29) is 0 Å². The summed E-state index contributed by atoms with van der Waals surface area (Å²) in [5.41, 5.74) is 9.16. The third-order valence-corrected chi connectivity index (χ3v) is 2.02. The standard InChI is InChI=1S/C10H11N3O2/c11-13-12-7-3-5-8-4-1-2-6-9(8)10(14)15/h1-2,4,6H,3,5,7H2,(H,14,15). The average Bonchev–Trinajstić information content (AvgIpc) is 2.25. The van der Waals surface area contributed by atoms with Crippen molar-refractivity contribution in [2.24, 2.45) is 5.11 Å². The molecule has 0 aromatic heterocycles. The van der Waals surface area contributed by atoms with Gasteiger partial charge in [-0.15, -0.1) is 0 Å². The van der Waals surface area contributed by atoms with Crippen LogP contribution in [0.5, 0.6) is 0 Å². The van der Waals surface area contributed by atoms with Gasteiger partial charge in [0, 0.05) is 11.5 Å². The molecule has 1 N–H and O–H groups in total. The minimum Gasteiger partial charge on any atom is -0.478 e. The van der Waals surface area contributed by atoms with Gasteiger partial charge in [-0.25, -0.2) is 4.79 Å². The van der Waals surface area contributed by atoms with Gasteiger partial charge in [0.15, 0.2) is 0 Å². The molecule has 1 aromatic carbocycles. The molecule has 0 radical (unpaired) electrons. The summed E-state index contributed by atoms with van der Waals surface area (Å²) in [6.45, 7) is 0.393. The zero-order chi connectivity index (χ0) is 11.1. The van der Waals surface area contributed by atoms with E-state index in [4.69, 9.17) is 10.6 Å². The first-order valence-electron chi connectivity index (χ1n) is 4.57. The molecule has 0 aliphatic rings. The van der Waals surface area contributed by atoms with Crippen LogP contribution in [0.25, 0.3) is 10.4 Å². The maximum atomic E-state index is 10.8. The molecule has 0 unspecified atom stereocenters. The number of carbonyl (C=O) groups is 1. The van der Waals surface area contributed by atoms with Crippen molar-refractivity contribution in [3.63, 3.8) is 0 Å². The summed E-state index contributed by atoms with van der Waals surface area (Å²) < 4.78 is 0. The van der Waals surface area contributed by atoms with Crippen molar-refractivity contribution in [2.45, 2.75) is 12.8 Å². The second-order valence-corrected chi connectivity index (χ2v) is 3.02. The van der Waals surface area contributed by atoms with E-state index in [1.54, 1.807) is 24.3 Å². The van der Waals surface area contributed by atoms with E-state index in [0.717, 1.165) is 5.56 Å². The highest BCUT2D eigenvalue weighted by molar-refractivity contribution is 5.89. The maximum absolute atomic E-state index is 10.8. The highest BCUT2D eigenvalue weighted by atomic mass is 16.4. The predicted molar refractivity (Wildman–Crippen MR) is 55.7 cm³/mol. The van der Waals surface area contributed by atoms with Crippen LogP contribution < -0.4 is 0 Å². The number of hydrogen-bond acceptors (Lipinski definition) is 2. The Morgan fingerprint density at radius 3 is 2.87 bits per heavy atom. The van der Waals surface area contributed by atoms with Crippen LogP contribution in [0.1, 0.15) is 22.3 Å². The van der Waals surface area contributed by atoms with E-state index in [2.05, 4.69) is 10.0 Å². The first kappa shape index (κ1) is 11.1. The molecule has 1 rings (SSSR count). The molecule has 0 atom stereocenters. The van der Waals surface area contributed by atoms with Gasteiger partial charge in [-0.05, 0) is 30.0 Å². The van der Waals surface area contributed by atoms with Crippen molar-refractivity contribution < 1.29 is 9.90 Å². The molecule has 0 amide bonds. The Morgan fingerprint density at radius 2 is 2.20 bits per heavy atom. The van der Waals surface area contributed by atoms with Gasteiger partial charge in [0.05, 0.1) is 5.56 Å². The first-order valence-corrected chi connectivity index (χ1v) is 4.57. The lowest BCUT2D eigenvalue weighted by molar-refractivity contribution is 0.0695. The zero-order valence-corrected chi connectivity index (χ0v) is 8.13. The Balaban J connectivity index is 2.67. The van der Waals surface area contributed by atoms with E-state index in [1.165, 1.54) is 0 Å². The summed E-state index contributed by atoms with van der Waals surface area (Å²) in [5, 5.41) is 12.3. The molecule has 0 aliphatic carbocycles. The Labute approximate surface area is 87.0 Å². The molecule has 0 heterocycles. The lowest BCUT2D eigenvalue weighted by Crippen LogP contribution is -2.02. The van der Waals surface area contributed by atoms with Crippen molar-refractivity contribution in [3.8, 4) is 0 Å². The summed E-state index contributed by atoms with van der Waals surface area (Å²) in [5.74, 6) is -0.922. The molecule has 0 spiro atoms. The number of aromatic carboxylic acids is 1. The van der Waals surface area contributed by atoms with E-state index >= 15 is 0 Å². The van der Waals surface area contributed by atoms with Gasteiger partial charge < -0.3 is 5.11 Å². The van der Waals surface area contributed by atoms with Crippen molar-refractivity contribution in [1.82, 2.24) is 0 Å². The molecule has 5 nitrogen and oxygen atoms in total. The molecule has 0 fully saturated rings. The van der Waals surface area contributed by atoms with Crippen molar-refractivity contribution >= 4 is 5.97 Å². The number of carboxylic acids is 1. The monoisotopic (exact) mass is 205 g/mol. The third-order valence-electron chi connectivity index (χ3n) is 2.02. The molecule has 1 aromatic rings. The average molecular weight is 205 g/mol. The number of hydrogen-bond donors (Lipinski definition) is 1. The summed E-state index contributed by atoms with van der Waals surface area (Å²) in [6.07, 6.45) is 1.27. The number of benzene rings is 1. The van der Waals surface area contributed by atoms with Crippen LogP contribution in [0.3, 0.4) is 0 Å². The van der Waals surface area contributed by atoms with Gasteiger partial charge in [-0.3, -0.25) is 0 Å². The van der Waals surface area contributed by atoms with E-state index in [9.17, 15) is 4.79 Å². The predicted octanol–water partition coefficient (Wildman–Crippen LogP) is 2.63. The maximum Gasteiger partial charge on any atom is 0.335 e. The highest BCUT2D eigenvalue weighted by Crippen LogP contribution is 2.11. The number of nitrogens with zero attached hydrogens (tertiary/aromatic N) is 3. The van der Waals surface area contributed by atoms with Gasteiger partial charge >= 0.3 is 5.97 Å². The molecule has 5 heteroatoms. The molecule has 0 saturated heterocycles. The van der Waals surface area contributed by atoms with Crippen LogP contribution in [0.2, 0.25) is 0 Å². The second-order valence-electron chi connectivity index (χ2n) is 3.02. The zero-order valence-electron chi connectivity index (χ0n) is 8.13. The first-order chi connectivity index (χ1) is 7.25. The summed E-state index contributed by atoms with van der Waals surface area (Å²) in [6, 6.07) is 6.85. The molecule has 0 bridgehead atoms. The normalized spacial score (nSPS) is 9.33. The van der Waals surface area contributed by atoms with Gasteiger partial charge in [0.25, 0.3) is 0 Å². The van der Waals surface area contributed by atoms with E-state index in [1.807, 2.05) is 0 Å². The minimum atomic E-state index is -0.922. The van der Waals surface area contributed by atoms with Crippen LogP contribution in [-0.4, -0.2) is 17.6 Å². The largest absolute Gasteiger partial charge is 0.478 e. The molecular formula is C10H11N3O2. The Morgan fingerprint density at radius 1 is 1.47 bits per heavy atom. The van der Waals surface area contributed by atoms with Crippen LogP contribution in [-0.2, 0) is 6.42 Å². The SMILES string of the molecule is [N-]=[N+]=NCCCc1ccccc1C(=O)O. The molecule has 78 valence electrons.